The van der Waals surface area contributed by atoms with E-state index in [2.05, 4.69) is 38.4 Å². The van der Waals surface area contributed by atoms with Crippen LogP contribution in [0.3, 0.4) is 0 Å². The Bertz CT molecular complexity index is 357. The number of pyridine rings is 1. The molecule has 0 aliphatic heterocycles. The standard InChI is InChI=1S/C10H10BrFN2/c11-7-5-9(12)10(13-6-7)14-8-3-1-2-4-8/h1-2,5-6,8H,3-4H2,(H,13,14). The van der Waals surface area contributed by atoms with Crippen molar-refractivity contribution in [2.24, 2.45) is 0 Å². The van der Waals surface area contributed by atoms with Gasteiger partial charge in [0.05, 0.1) is 0 Å². The van der Waals surface area contributed by atoms with Gasteiger partial charge in [-0.05, 0) is 34.8 Å². The molecule has 0 aromatic carbocycles. The molecule has 14 heavy (non-hydrogen) atoms. The molecular weight excluding hydrogens is 247 g/mol. The SMILES string of the molecule is Fc1cc(Br)cnc1NC1CC=CC1. The first kappa shape index (κ1) is 9.65. The Kier molecular flexibility index (Phi) is 2.82. The lowest BCUT2D eigenvalue weighted by molar-refractivity contribution is 0.618. The van der Waals surface area contributed by atoms with Gasteiger partial charge >= 0.3 is 0 Å². The van der Waals surface area contributed by atoms with Gasteiger partial charge in [-0.1, -0.05) is 12.2 Å². The van der Waals surface area contributed by atoms with Crippen molar-refractivity contribution in [2.45, 2.75) is 18.9 Å². The molecule has 1 N–H and O–H groups in total. The minimum absolute atomic E-state index is 0.290. The van der Waals surface area contributed by atoms with Crippen molar-refractivity contribution in [3.63, 3.8) is 0 Å². The first-order valence-electron chi connectivity index (χ1n) is 4.48. The molecule has 1 aromatic rings. The van der Waals surface area contributed by atoms with E-state index in [-0.39, 0.29) is 11.9 Å². The molecule has 0 saturated heterocycles. The summed E-state index contributed by atoms with van der Waals surface area (Å²) in [6.45, 7) is 0. The lowest BCUT2D eigenvalue weighted by atomic mass is 10.2. The van der Waals surface area contributed by atoms with E-state index in [0.29, 0.717) is 10.3 Å². The van der Waals surface area contributed by atoms with Gasteiger partial charge in [-0.25, -0.2) is 9.37 Å². The Morgan fingerprint density at radius 1 is 1.43 bits per heavy atom. The van der Waals surface area contributed by atoms with Crippen LogP contribution >= 0.6 is 15.9 Å². The molecule has 1 aliphatic rings. The van der Waals surface area contributed by atoms with Gasteiger partial charge in [0.2, 0.25) is 0 Å². The second-order valence-corrected chi connectivity index (χ2v) is 4.18. The highest BCUT2D eigenvalue weighted by atomic mass is 79.9. The maximum Gasteiger partial charge on any atom is 0.166 e. The second-order valence-electron chi connectivity index (χ2n) is 3.27. The van der Waals surface area contributed by atoms with E-state index in [1.54, 1.807) is 6.20 Å². The van der Waals surface area contributed by atoms with Crippen LogP contribution in [0.1, 0.15) is 12.8 Å². The average Bonchev–Trinajstić information content (AvgIpc) is 2.62. The van der Waals surface area contributed by atoms with Gasteiger partial charge in [0.25, 0.3) is 0 Å². The van der Waals surface area contributed by atoms with E-state index < -0.39 is 0 Å². The third-order valence-electron chi connectivity index (χ3n) is 2.16. The van der Waals surface area contributed by atoms with E-state index >= 15 is 0 Å². The minimum Gasteiger partial charge on any atom is -0.364 e. The maximum absolute atomic E-state index is 13.3. The van der Waals surface area contributed by atoms with Crippen molar-refractivity contribution in [2.75, 3.05) is 5.32 Å². The van der Waals surface area contributed by atoms with Gasteiger partial charge < -0.3 is 5.32 Å². The zero-order valence-corrected chi connectivity index (χ0v) is 9.09. The fraction of sp³-hybridized carbons (Fsp3) is 0.300. The van der Waals surface area contributed by atoms with Gasteiger partial charge in [-0.15, -0.1) is 0 Å². The first-order valence-corrected chi connectivity index (χ1v) is 5.27. The van der Waals surface area contributed by atoms with Crippen molar-refractivity contribution in [3.8, 4) is 0 Å². The van der Waals surface area contributed by atoms with Gasteiger partial charge in [0.1, 0.15) is 0 Å². The smallest absolute Gasteiger partial charge is 0.166 e. The summed E-state index contributed by atoms with van der Waals surface area (Å²) >= 11 is 3.17. The highest BCUT2D eigenvalue weighted by Gasteiger charge is 2.12. The van der Waals surface area contributed by atoms with Crippen molar-refractivity contribution in [1.82, 2.24) is 4.98 Å². The number of nitrogens with one attached hydrogen (secondary N) is 1. The Morgan fingerprint density at radius 3 is 2.79 bits per heavy atom. The van der Waals surface area contributed by atoms with E-state index in [9.17, 15) is 4.39 Å². The Hall–Kier alpha value is -0.900. The maximum atomic E-state index is 13.3. The summed E-state index contributed by atoms with van der Waals surface area (Å²) in [5.74, 6) is 0.0215. The number of nitrogens with zero attached hydrogens (tertiary/aromatic N) is 1. The van der Waals surface area contributed by atoms with Crippen LogP contribution in [-0.2, 0) is 0 Å². The molecular formula is C10H10BrFN2. The summed E-state index contributed by atoms with van der Waals surface area (Å²) in [7, 11) is 0. The molecule has 4 heteroatoms. The molecule has 0 unspecified atom stereocenters. The van der Waals surface area contributed by atoms with Crippen LogP contribution in [0.5, 0.6) is 0 Å². The molecule has 0 saturated carbocycles. The molecule has 0 atom stereocenters. The molecule has 74 valence electrons. The molecule has 1 aliphatic carbocycles. The van der Waals surface area contributed by atoms with E-state index in [1.807, 2.05) is 0 Å². The fourth-order valence-electron chi connectivity index (χ4n) is 1.45. The molecule has 1 aromatic heterocycles. The van der Waals surface area contributed by atoms with Crippen LogP contribution in [0.15, 0.2) is 28.9 Å². The van der Waals surface area contributed by atoms with Crippen molar-refractivity contribution in [1.29, 1.82) is 0 Å². The van der Waals surface area contributed by atoms with Gasteiger partial charge in [0.15, 0.2) is 11.6 Å². The van der Waals surface area contributed by atoms with Gasteiger partial charge in [0, 0.05) is 16.7 Å². The van der Waals surface area contributed by atoms with Crippen LogP contribution < -0.4 is 5.32 Å². The largest absolute Gasteiger partial charge is 0.364 e. The molecule has 2 rings (SSSR count). The summed E-state index contributed by atoms with van der Waals surface area (Å²) in [5, 5.41) is 3.07. The summed E-state index contributed by atoms with van der Waals surface area (Å²) in [6, 6.07) is 1.70. The molecule has 0 spiro atoms. The molecule has 2 nitrogen and oxygen atoms in total. The Balaban J connectivity index is 2.08. The number of rotatable bonds is 2. The number of hydrogen-bond donors (Lipinski definition) is 1. The van der Waals surface area contributed by atoms with Crippen molar-refractivity contribution >= 4 is 21.7 Å². The number of halogens is 2. The predicted octanol–water partition coefficient (Wildman–Crippen LogP) is 3.11. The summed E-state index contributed by atoms with van der Waals surface area (Å²) in [4.78, 5) is 3.98. The summed E-state index contributed by atoms with van der Waals surface area (Å²) in [6.07, 6.45) is 7.66. The van der Waals surface area contributed by atoms with Crippen LogP contribution in [0.2, 0.25) is 0 Å². The Labute approximate surface area is 90.4 Å². The minimum atomic E-state index is -0.314. The Morgan fingerprint density at radius 2 is 2.14 bits per heavy atom. The van der Waals surface area contributed by atoms with Gasteiger partial charge in [-0.2, -0.15) is 0 Å². The lowest BCUT2D eigenvalue weighted by Gasteiger charge is -2.12. The third kappa shape index (κ3) is 2.12. The highest BCUT2D eigenvalue weighted by Crippen LogP contribution is 2.20. The molecule has 0 radical (unpaired) electrons. The fourth-order valence-corrected chi connectivity index (χ4v) is 1.75. The zero-order valence-electron chi connectivity index (χ0n) is 7.50. The van der Waals surface area contributed by atoms with Crippen molar-refractivity contribution < 1.29 is 4.39 Å². The zero-order chi connectivity index (χ0) is 9.97. The van der Waals surface area contributed by atoms with Crippen LogP contribution in [0.25, 0.3) is 0 Å². The molecule has 0 fully saturated rings. The lowest BCUT2D eigenvalue weighted by Crippen LogP contribution is -2.16. The number of hydrogen-bond acceptors (Lipinski definition) is 2. The van der Waals surface area contributed by atoms with Crippen LogP contribution in [0.4, 0.5) is 10.2 Å². The predicted molar refractivity (Wildman–Crippen MR) is 57.7 cm³/mol. The van der Waals surface area contributed by atoms with Crippen LogP contribution in [-0.4, -0.2) is 11.0 Å². The van der Waals surface area contributed by atoms with Crippen molar-refractivity contribution in [3.05, 3.63) is 34.7 Å². The molecule has 0 bridgehead atoms. The van der Waals surface area contributed by atoms with Crippen LogP contribution in [0, 0.1) is 5.82 Å². The summed E-state index contributed by atoms with van der Waals surface area (Å²) in [5.41, 5.74) is 0. The van der Waals surface area contributed by atoms with E-state index in [0.717, 1.165) is 12.8 Å². The summed E-state index contributed by atoms with van der Waals surface area (Å²) < 4.78 is 14.0. The highest BCUT2D eigenvalue weighted by molar-refractivity contribution is 9.10. The quantitative estimate of drug-likeness (QED) is 0.823. The number of anilines is 1. The molecule has 0 amide bonds. The topological polar surface area (TPSA) is 24.9 Å². The monoisotopic (exact) mass is 256 g/mol. The second kappa shape index (κ2) is 4.09. The average molecular weight is 257 g/mol. The third-order valence-corrected chi connectivity index (χ3v) is 2.59. The normalized spacial score (nSPS) is 16.1. The van der Waals surface area contributed by atoms with E-state index in [4.69, 9.17) is 0 Å². The van der Waals surface area contributed by atoms with E-state index in [1.165, 1.54) is 6.07 Å². The number of aromatic nitrogens is 1. The molecule has 1 heterocycles. The van der Waals surface area contributed by atoms with Gasteiger partial charge in [-0.3, -0.25) is 0 Å². The first-order chi connectivity index (χ1) is 6.75.